The lowest BCUT2D eigenvalue weighted by molar-refractivity contribution is -0.385. The number of hydrogen-bond donors (Lipinski definition) is 2. The predicted octanol–water partition coefficient (Wildman–Crippen LogP) is 3.17. The summed E-state index contributed by atoms with van der Waals surface area (Å²) in [5.41, 5.74) is 1.81. The van der Waals surface area contributed by atoms with Gasteiger partial charge in [0.05, 0.1) is 17.7 Å². The zero-order chi connectivity index (χ0) is 19.9. The second-order valence-electron chi connectivity index (χ2n) is 6.56. The molecule has 0 saturated carbocycles. The number of guanidine groups is 1. The Morgan fingerprint density at radius 1 is 1.28 bits per heavy atom. The van der Waals surface area contributed by atoms with Crippen molar-refractivity contribution in [3.05, 3.63) is 64.2 Å². The van der Waals surface area contributed by atoms with E-state index >= 15 is 0 Å². The average Bonchev–Trinajstić information content (AvgIpc) is 3.19. The van der Waals surface area contributed by atoms with Crippen LogP contribution in [0.3, 0.4) is 0 Å². The summed E-state index contributed by atoms with van der Waals surface area (Å²) in [7, 11) is 3.38. The molecule has 0 amide bonds. The van der Waals surface area contributed by atoms with Gasteiger partial charge in [-0.15, -0.1) is 24.0 Å². The van der Waals surface area contributed by atoms with Crippen molar-refractivity contribution in [2.24, 2.45) is 4.99 Å². The molecular weight excluding hydrogens is 485 g/mol. The Labute approximate surface area is 187 Å². The van der Waals surface area contributed by atoms with Crippen molar-refractivity contribution < 1.29 is 9.66 Å². The molecule has 29 heavy (non-hydrogen) atoms. The van der Waals surface area contributed by atoms with Crippen LogP contribution in [0.1, 0.15) is 12.0 Å². The highest BCUT2D eigenvalue weighted by atomic mass is 127. The number of rotatable bonds is 6. The van der Waals surface area contributed by atoms with E-state index in [1.807, 2.05) is 18.2 Å². The van der Waals surface area contributed by atoms with Gasteiger partial charge in [0.2, 0.25) is 0 Å². The number of nitrogens with zero attached hydrogens (tertiary/aromatic N) is 3. The molecule has 0 aliphatic carbocycles. The fourth-order valence-corrected chi connectivity index (χ4v) is 3.39. The van der Waals surface area contributed by atoms with Crippen molar-refractivity contribution in [1.82, 2.24) is 10.6 Å². The van der Waals surface area contributed by atoms with Crippen LogP contribution in [0.5, 0.6) is 5.75 Å². The second-order valence-corrected chi connectivity index (χ2v) is 6.56. The molecule has 2 N–H and O–H groups in total. The van der Waals surface area contributed by atoms with Gasteiger partial charge in [0.1, 0.15) is 5.75 Å². The van der Waals surface area contributed by atoms with Crippen LogP contribution in [-0.4, -0.2) is 44.2 Å². The molecule has 3 rings (SSSR count). The van der Waals surface area contributed by atoms with Gasteiger partial charge in [-0.3, -0.25) is 15.1 Å². The van der Waals surface area contributed by atoms with E-state index in [0.717, 1.165) is 30.9 Å². The van der Waals surface area contributed by atoms with Gasteiger partial charge in [0.25, 0.3) is 5.69 Å². The van der Waals surface area contributed by atoms with Crippen molar-refractivity contribution in [2.75, 3.05) is 32.1 Å². The van der Waals surface area contributed by atoms with Gasteiger partial charge in [-0.1, -0.05) is 30.3 Å². The number of hydrogen-bond acceptors (Lipinski definition) is 5. The molecular formula is C20H26IN5O3. The van der Waals surface area contributed by atoms with Crippen LogP contribution in [-0.2, 0) is 6.54 Å². The minimum absolute atomic E-state index is 0. The maximum atomic E-state index is 11.2. The molecule has 8 nitrogen and oxygen atoms in total. The number of nitro groups is 1. The number of nitrogens with one attached hydrogen (secondary N) is 2. The molecule has 1 aliphatic heterocycles. The Bertz CT molecular complexity index is 862. The quantitative estimate of drug-likeness (QED) is 0.204. The van der Waals surface area contributed by atoms with Crippen LogP contribution in [0.2, 0.25) is 0 Å². The van der Waals surface area contributed by atoms with Crippen LogP contribution < -0.4 is 20.3 Å². The van der Waals surface area contributed by atoms with Crippen molar-refractivity contribution in [2.45, 2.75) is 19.0 Å². The van der Waals surface area contributed by atoms with Gasteiger partial charge in [-0.2, -0.15) is 0 Å². The number of para-hydroxylation sites is 3. The van der Waals surface area contributed by atoms with Gasteiger partial charge in [0, 0.05) is 44.4 Å². The Balaban J connectivity index is 0.00000300. The first-order valence-electron chi connectivity index (χ1n) is 9.19. The maximum Gasteiger partial charge on any atom is 0.274 e. The van der Waals surface area contributed by atoms with E-state index < -0.39 is 0 Å². The van der Waals surface area contributed by atoms with E-state index in [-0.39, 0.29) is 40.6 Å². The summed E-state index contributed by atoms with van der Waals surface area (Å²) in [6, 6.07) is 14.9. The number of anilines is 1. The first-order valence-corrected chi connectivity index (χ1v) is 9.19. The molecule has 2 aromatic rings. The smallest absolute Gasteiger partial charge is 0.274 e. The summed E-state index contributed by atoms with van der Waals surface area (Å²) in [6.45, 7) is 2.07. The van der Waals surface area contributed by atoms with Crippen LogP contribution in [0, 0.1) is 10.1 Å². The predicted molar refractivity (Wildman–Crippen MR) is 125 cm³/mol. The molecule has 1 aliphatic rings. The largest absolute Gasteiger partial charge is 0.495 e. The van der Waals surface area contributed by atoms with E-state index in [1.54, 1.807) is 32.4 Å². The van der Waals surface area contributed by atoms with Gasteiger partial charge < -0.3 is 20.3 Å². The van der Waals surface area contributed by atoms with Crippen LogP contribution in [0.25, 0.3) is 0 Å². The molecule has 1 fully saturated rings. The van der Waals surface area contributed by atoms with Crippen LogP contribution in [0.15, 0.2) is 53.5 Å². The summed E-state index contributed by atoms with van der Waals surface area (Å²) in [5.74, 6) is 1.49. The molecule has 0 spiro atoms. The molecule has 9 heteroatoms. The van der Waals surface area contributed by atoms with E-state index in [0.29, 0.717) is 18.1 Å². The molecule has 2 aromatic carbocycles. The zero-order valence-electron chi connectivity index (χ0n) is 16.5. The first-order chi connectivity index (χ1) is 13.6. The number of aliphatic imine (C=N–C) groups is 1. The van der Waals surface area contributed by atoms with E-state index in [9.17, 15) is 10.1 Å². The van der Waals surface area contributed by atoms with Crippen LogP contribution >= 0.6 is 24.0 Å². The second kappa shape index (κ2) is 10.8. The average molecular weight is 511 g/mol. The normalized spacial score (nSPS) is 16.1. The van der Waals surface area contributed by atoms with Crippen LogP contribution in [0.4, 0.5) is 11.4 Å². The Hall–Kier alpha value is -2.56. The molecule has 1 unspecified atom stereocenters. The molecule has 1 saturated heterocycles. The highest BCUT2D eigenvalue weighted by molar-refractivity contribution is 14.0. The minimum atomic E-state index is -0.366. The van der Waals surface area contributed by atoms with Gasteiger partial charge in [-0.05, 0) is 18.6 Å². The molecule has 0 aromatic heterocycles. The first kappa shape index (κ1) is 22.7. The Morgan fingerprint density at radius 2 is 2.00 bits per heavy atom. The lowest BCUT2D eigenvalue weighted by Crippen LogP contribution is -2.44. The molecule has 156 valence electrons. The number of benzene rings is 2. The fourth-order valence-electron chi connectivity index (χ4n) is 3.39. The zero-order valence-corrected chi connectivity index (χ0v) is 18.8. The highest BCUT2D eigenvalue weighted by Gasteiger charge is 2.25. The molecule has 0 bridgehead atoms. The monoisotopic (exact) mass is 511 g/mol. The standard InChI is InChI=1S/C20H25N5O3.HI/c1-21-20(22-13-15-7-3-4-8-17(15)25(26)27)23-16-11-12-24(14-16)18-9-5-6-10-19(18)28-2;/h3-10,16H,11-14H2,1-2H3,(H2,21,22,23);1H. The maximum absolute atomic E-state index is 11.2. The summed E-state index contributed by atoms with van der Waals surface area (Å²) < 4.78 is 5.46. The molecule has 1 heterocycles. The van der Waals surface area contributed by atoms with E-state index in [4.69, 9.17) is 4.74 Å². The number of methoxy groups -OCH3 is 1. The Morgan fingerprint density at radius 3 is 2.72 bits per heavy atom. The Kier molecular flexibility index (Phi) is 8.50. The third-order valence-corrected chi connectivity index (χ3v) is 4.81. The third kappa shape index (κ3) is 5.72. The summed E-state index contributed by atoms with van der Waals surface area (Å²) in [4.78, 5) is 17.3. The number of ether oxygens (including phenoxy) is 1. The SMILES string of the molecule is CN=C(NCc1ccccc1[N+](=O)[O-])NC1CCN(c2ccccc2OC)C1.I. The summed E-state index contributed by atoms with van der Waals surface area (Å²) >= 11 is 0. The van der Waals surface area contributed by atoms with Gasteiger partial charge >= 0.3 is 0 Å². The topological polar surface area (TPSA) is 92.0 Å². The van der Waals surface area contributed by atoms with Gasteiger partial charge in [-0.25, -0.2) is 0 Å². The number of nitro benzene ring substituents is 1. The minimum Gasteiger partial charge on any atom is -0.495 e. The van der Waals surface area contributed by atoms with E-state index in [2.05, 4.69) is 26.6 Å². The van der Waals surface area contributed by atoms with Crippen molar-refractivity contribution in [1.29, 1.82) is 0 Å². The summed E-state index contributed by atoms with van der Waals surface area (Å²) in [6.07, 6.45) is 0.963. The van der Waals surface area contributed by atoms with Crippen molar-refractivity contribution >= 4 is 41.3 Å². The van der Waals surface area contributed by atoms with Gasteiger partial charge in [0.15, 0.2) is 5.96 Å². The molecule has 0 radical (unpaired) electrons. The van der Waals surface area contributed by atoms with Crippen molar-refractivity contribution in [3.63, 3.8) is 0 Å². The number of halogens is 1. The lowest BCUT2D eigenvalue weighted by Gasteiger charge is -2.22. The van der Waals surface area contributed by atoms with Crippen molar-refractivity contribution in [3.8, 4) is 5.75 Å². The fraction of sp³-hybridized carbons (Fsp3) is 0.350. The highest BCUT2D eigenvalue weighted by Crippen LogP contribution is 2.30. The lowest BCUT2D eigenvalue weighted by atomic mass is 10.2. The third-order valence-electron chi connectivity index (χ3n) is 4.81. The molecule has 1 atom stereocenters. The summed E-state index contributed by atoms with van der Waals surface area (Å²) in [5, 5.41) is 17.7. The van der Waals surface area contributed by atoms with E-state index in [1.165, 1.54) is 6.07 Å².